The Labute approximate surface area is 97.5 Å². The van der Waals surface area contributed by atoms with Crippen molar-refractivity contribution in [1.82, 2.24) is 4.98 Å². The van der Waals surface area contributed by atoms with Crippen LogP contribution in [0.4, 0.5) is 0 Å². The fraction of sp³-hybridized carbons (Fsp3) is 0.385. The van der Waals surface area contributed by atoms with E-state index in [1.54, 1.807) is 0 Å². The molecule has 0 spiro atoms. The van der Waals surface area contributed by atoms with Crippen molar-refractivity contribution in [2.75, 3.05) is 17.7 Å². The van der Waals surface area contributed by atoms with Gasteiger partial charge in [-0.05, 0) is 23.2 Å². The molecule has 0 saturated carbocycles. The number of rotatable bonds is 1. The average molecular weight is 228 g/mol. The molecule has 0 atom stereocenters. The molecule has 1 aromatic carbocycles. The molecule has 0 aliphatic carbocycles. The first-order valence-corrected chi connectivity index (χ1v) is 7.55. The Kier molecular flexibility index (Phi) is 2.70. The van der Waals surface area contributed by atoms with E-state index in [4.69, 9.17) is 0 Å². The molecule has 0 radical (unpaired) electrons. The van der Waals surface area contributed by atoms with E-state index >= 15 is 0 Å². The lowest BCUT2D eigenvalue weighted by Crippen LogP contribution is -2.40. The van der Waals surface area contributed by atoms with Gasteiger partial charge >= 0.3 is 0 Å². The third-order valence-electron chi connectivity index (χ3n) is 3.34. The van der Waals surface area contributed by atoms with Crippen LogP contribution in [0.1, 0.15) is 19.3 Å². The highest BCUT2D eigenvalue weighted by Crippen LogP contribution is 2.14. The van der Waals surface area contributed by atoms with Crippen LogP contribution in [-0.4, -0.2) is 26.6 Å². The van der Waals surface area contributed by atoms with Crippen molar-refractivity contribution in [3.63, 3.8) is 0 Å². The maximum absolute atomic E-state index is 4.43. The molecule has 1 saturated heterocycles. The van der Waals surface area contributed by atoms with Crippen molar-refractivity contribution in [2.45, 2.75) is 19.3 Å². The first kappa shape index (κ1) is 9.96. The lowest BCUT2D eigenvalue weighted by atomic mass is 10.2. The molecule has 0 unspecified atom stereocenters. The summed E-state index contributed by atoms with van der Waals surface area (Å²) in [4.78, 5) is 5.95. The number of piperidine rings is 1. The minimum absolute atomic E-state index is 0.695. The Morgan fingerprint density at radius 2 is 1.88 bits per heavy atom. The van der Waals surface area contributed by atoms with Gasteiger partial charge in [0.05, 0.1) is 0 Å². The van der Waals surface area contributed by atoms with Gasteiger partial charge in [-0.15, -0.1) is 0 Å². The highest BCUT2D eigenvalue weighted by atomic mass is 28.2. The normalized spacial score (nSPS) is 16.6. The predicted molar refractivity (Wildman–Crippen MR) is 69.5 cm³/mol. The fourth-order valence-corrected chi connectivity index (χ4v) is 4.85. The van der Waals surface area contributed by atoms with E-state index in [2.05, 4.69) is 39.6 Å². The first-order valence-electron chi connectivity index (χ1n) is 6.03. The molecule has 1 aliphatic heterocycles. The van der Waals surface area contributed by atoms with Gasteiger partial charge in [-0.1, -0.05) is 30.7 Å². The zero-order valence-corrected chi connectivity index (χ0v) is 10.4. The summed E-state index contributed by atoms with van der Waals surface area (Å²) in [7, 11) is -0.695. The summed E-state index contributed by atoms with van der Waals surface area (Å²) in [5, 5.41) is 1.32. The quantitative estimate of drug-likeness (QED) is 0.697. The maximum Gasteiger partial charge on any atom is 0.181 e. The largest absolute Gasteiger partial charge is 0.403 e. The third-order valence-corrected chi connectivity index (χ3v) is 5.87. The van der Waals surface area contributed by atoms with Crippen LogP contribution in [-0.2, 0) is 0 Å². The van der Waals surface area contributed by atoms with Crippen LogP contribution < -0.4 is 4.57 Å². The Bertz CT molecular complexity index is 487. The topological polar surface area (TPSA) is 16.1 Å². The van der Waals surface area contributed by atoms with Crippen LogP contribution in [0.5, 0.6) is 0 Å². The Balaban J connectivity index is 2.08. The summed E-state index contributed by atoms with van der Waals surface area (Å²) in [6.07, 6.45) is 6.10. The number of nitrogens with zero attached hydrogens (tertiary/aromatic N) is 2. The SMILES string of the molecule is c1ccc2c(c1)cnc[si]2N1CCCCC1. The third kappa shape index (κ3) is 1.75. The Morgan fingerprint density at radius 1 is 1.06 bits per heavy atom. The van der Waals surface area contributed by atoms with Crippen molar-refractivity contribution >= 4 is 18.9 Å². The molecule has 2 nitrogen and oxygen atoms in total. The van der Waals surface area contributed by atoms with Gasteiger partial charge in [0, 0.05) is 25.1 Å². The zero-order valence-electron chi connectivity index (χ0n) is 9.39. The smallest absolute Gasteiger partial charge is 0.181 e. The number of benzene rings is 1. The lowest BCUT2D eigenvalue weighted by Gasteiger charge is -2.29. The second-order valence-electron chi connectivity index (χ2n) is 4.43. The fourth-order valence-electron chi connectivity index (χ4n) is 2.49. The molecular formula is C13H16N2Si. The molecule has 1 aromatic heterocycles. The molecule has 1 fully saturated rings. The van der Waals surface area contributed by atoms with Crippen molar-refractivity contribution in [3.05, 3.63) is 36.3 Å². The molecule has 3 rings (SSSR count). The highest BCUT2D eigenvalue weighted by molar-refractivity contribution is 6.66. The van der Waals surface area contributed by atoms with E-state index in [1.165, 1.54) is 42.7 Å². The molecule has 2 heterocycles. The zero-order chi connectivity index (χ0) is 10.8. The van der Waals surface area contributed by atoms with Crippen LogP contribution >= 0.6 is 0 Å². The average Bonchev–Trinajstić information content (AvgIpc) is 2.39. The molecule has 0 bridgehead atoms. The van der Waals surface area contributed by atoms with E-state index in [1.807, 2.05) is 6.20 Å². The summed E-state index contributed by atoms with van der Waals surface area (Å²) in [5.74, 6) is 2.19. The van der Waals surface area contributed by atoms with Crippen LogP contribution in [0.15, 0.2) is 36.3 Å². The molecule has 0 amide bonds. The maximum atomic E-state index is 4.43. The van der Waals surface area contributed by atoms with Crippen LogP contribution in [0.3, 0.4) is 0 Å². The van der Waals surface area contributed by atoms with Crippen molar-refractivity contribution < 1.29 is 0 Å². The van der Waals surface area contributed by atoms with Gasteiger partial charge in [-0.2, -0.15) is 0 Å². The number of fused-ring (bicyclic) bond motifs is 1. The van der Waals surface area contributed by atoms with Crippen LogP contribution in [0.2, 0.25) is 0 Å². The van der Waals surface area contributed by atoms with Gasteiger partial charge in [0.15, 0.2) is 8.56 Å². The number of hydrogen-bond donors (Lipinski definition) is 0. The van der Waals surface area contributed by atoms with Gasteiger partial charge in [0.2, 0.25) is 0 Å². The molecule has 16 heavy (non-hydrogen) atoms. The van der Waals surface area contributed by atoms with Gasteiger partial charge in [0.25, 0.3) is 0 Å². The van der Waals surface area contributed by atoms with Crippen molar-refractivity contribution in [2.24, 2.45) is 0 Å². The summed E-state index contributed by atoms with van der Waals surface area (Å²) >= 11 is 0. The summed E-state index contributed by atoms with van der Waals surface area (Å²) in [6.45, 7) is 2.52. The van der Waals surface area contributed by atoms with E-state index in [0.717, 1.165) is 0 Å². The summed E-state index contributed by atoms with van der Waals surface area (Å²) < 4.78 is 2.66. The van der Waals surface area contributed by atoms with Gasteiger partial charge < -0.3 is 4.57 Å². The number of aromatic nitrogens is 1. The van der Waals surface area contributed by atoms with Crippen molar-refractivity contribution in [1.29, 1.82) is 0 Å². The monoisotopic (exact) mass is 228 g/mol. The molecule has 3 heteroatoms. The second-order valence-corrected chi connectivity index (χ2v) is 6.63. The highest BCUT2D eigenvalue weighted by Gasteiger charge is 2.14. The summed E-state index contributed by atoms with van der Waals surface area (Å²) in [5.41, 5.74) is 0. The van der Waals surface area contributed by atoms with Crippen LogP contribution in [0.25, 0.3) is 10.4 Å². The van der Waals surface area contributed by atoms with E-state index in [-0.39, 0.29) is 0 Å². The summed E-state index contributed by atoms with van der Waals surface area (Å²) in [6, 6.07) is 8.71. The van der Waals surface area contributed by atoms with E-state index in [0.29, 0.717) is 0 Å². The standard InChI is InChI=1S/C13H16N2Si/c1-4-8-15(9-5-1)16-11-14-10-12-6-2-3-7-13(12)16/h2-3,6-7,10-11H,1,4-5,8-9H2. The van der Waals surface area contributed by atoms with Gasteiger partial charge in [-0.3, -0.25) is 4.98 Å². The molecule has 1 aliphatic rings. The lowest BCUT2D eigenvalue weighted by molar-refractivity contribution is 0.596. The molecular weight excluding hydrogens is 212 g/mol. The molecule has 0 N–H and O–H groups in total. The second kappa shape index (κ2) is 4.34. The number of hydrogen-bond acceptors (Lipinski definition) is 2. The van der Waals surface area contributed by atoms with E-state index in [9.17, 15) is 0 Å². The van der Waals surface area contributed by atoms with Crippen molar-refractivity contribution in [3.8, 4) is 0 Å². The Hall–Kier alpha value is -1.22. The predicted octanol–water partition coefficient (Wildman–Crippen LogP) is 2.38. The van der Waals surface area contributed by atoms with Gasteiger partial charge in [-0.25, -0.2) is 0 Å². The minimum Gasteiger partial charge on any atom is -0.403 e. The molecule has 82 valence electrons. The first-order chi connectivity index (χ1) is 7.95. The molecule has 2 aromatic rings. The van der Waals surface area contributed by atoms with E-state index < -0.39 is 8.56 Å². The van der Waals surface area contributed by atoms with Crippen LogP contribution in [0, 0.1) is 0 Å². The van der Waals surface area contributed by atoms with Gasteiger partial charge in [0.1, 0.15) is 0 Å². The Morgan fingerprint density at radius 3 is 2.75 bits per heavy atom. The minimum atomic E-state index is -0.695.